The Morgan fingerprint density at radius 2 is 1.89 bits per heavy atom. The third-order valence-corrected chi connectivity index (χ3v) is 4.75. The largest absolute Gasteiger partial charge is 0.497 e. The standard InChI is InChI=1S/C20H19ClN2O4/c1-27-14-8-6-13(7-9-14)17-12-18(15-4-2-3-5-16(15)21)23(22-17)19(24)10-11-20(25)26/h2-9,18H,10-12H2,1H3,(H,25,26)/t18-/m1/s1. The third-order valence-electron chi connectivity index (χ3n) is 4.41. The molecule has 0 aromatic heterocycles. The molecule has 0 saturated heterocycles. The maximum Gasteiger partial charge on any atom is 0.303 e. The molecule has 0 aliphatic carbocycles. The van der Waals surface area contributed by atoms with Crippen LogP contribution in [-0.2, 0) is 9.59 Å². The summed E-state index contributed by atoms with van der Waals surface area (Å²) < 4.78 is 5.17. The van der Waals surface area contributed by atoms with Crippen LogP contribution in [0.2, 0.25) is 5.02 Å². The van der Waals surface area contributed by atoms with E-state index in [1.165, 1.54) is 5.01 Å². The van der Waals surface area contributed by atoms with E-state index in [-0.39, 0.29) is 24.8 Å². The van der Waals surface area contributed by atoms with Crippen molar-refractivity contribution in [3.8, 4) is 5.75 Å². The number of carboxylic acids is 1. The number of benzene rings is 2. The normalized spacial score (nSPS) is 16.1. The summed E-state index contributed by atoms with van der Waals surface area (Å²) in [6.07, 6.45) is 0.141. The second-order valence-corrected chi connectivity index (χ2v) is 6.56. The lowest BCUT2D eigenvalue weighted by atomic mass is 9.98. The maximum atomic E-state index is 12.6. The number of amides is 1. The first-order chi connectivity index (χ1) is 13.0. The summed E-state index contributed by atoms with van der Waals surface area (Å²) in [6, 6.07) is 14.4. The van der Waals surface area contributed by atoms with Crippen LogP contribution in [0.1, 0.15) is 36.4 Å². The van der Waals surface area contributed by atoms with E-state index < -0.39 is 5.97 Å². The van der Waals surface area contributed by atoms with E-state index in [2.05, 4.69) is 5.10 Å². The van der Waals surface area contributed by atoms with Crippen molar-refractivity contribution in [2.45, 2.75) is 25.3 Å². The topological polar surface area (TPSA) is 79.2 Å². The van der Waals surface area contributed by atoms with Gasteiger partial charge in [0.1, 0.15) is 5.75 Å². The van der Waals surface area contributed by atoms with E-state index in [4.69, 9.17) is 21.4 Å². The molecule has 1 aliphatic rings. The van der Waals surface area contributed by atoms with E-state index in [1.54, 1.807) is 13.2 Å². The molecular formula is C20H19ClN2O4. The average molecular weight is 387 g/mol. The highest BCUT2D eigenvalue weighted by Gasteiger charge is 2.34. The van der Waals surface area contributed by atoms with Crippen molar-refractivity contribution in [3.63, 3.8) is 0 Å². The Hall–Kier alpha value is -2.86. The smallest absolute Gasteiger partial charge is 0.303 e. The number of aliphatic carboxylic acids is 1. The molecule has 0 bridgehead atoms. The predicted octanol–water partition coefficient (Wildman–Crippen LogP) is 3.89. The Morgan fingerprint density at radius 1 is 1.19 bits per heavy atom. The summed E-state index contributed by atoms with van der Waals surface area (Å²) in [5.74, 6) is -0.628. The minimum absolute atomic E-state index is 0.115. The van der Waals surface area contributed by atoms with Gasteiger partial charge in [-0.25, -0.2) is 5.01 Å². The van der Waals surface area contributed by atoms with Crippen LogP contribution in [0.25, 0.3) is 0 Å². The lowest BCUT2D eigenvalue weighted by Gasteiger charge is -2.22. The Kier molecular flexibility index (Phi) is 5.76. The van der Waals surface area contributed by atoms with Crippen LogP contribution in [0, 0.1) is 0 Å². The van der Waals surface area contributed by atoms with Gasteiger partial charge in [-0.1, -0.05) is 29.8 Å². The number of hydrogen-bond acceptors (Lipinski definition) is 4. The molecule has 1 atom stereocenters. The predicted molar refractivity (Wildman–Crippen MR) is 102 cm³/mol. The molecule has 1 aliphatic heterocycles. The summed E-state index contributed by atoms with van der Waals surface area (Å²) in [6.45, 7) is 0. The zero-order chi connectivity index (χ0) is 19.4. The van der Waals surface area contributed by atoms with Gasteiger partial charge in [0.15, 0.2) is 0 Å². The van der Waals surface area contributed by atoms with Crippen molar-refractivity contribution in [2.75, 3.05) is 7.11 Å². The molecule has 0 unspecified atom stereocenters. The molecule has 1 amide bonds. The first-order valence-corrected chi connectivity index (χ1v) is 8.87. The maximum absolute atomic E-state index is 12.6. The number of carbonyl (C=O) groups is 2. The molecule has 27 heavy (non-hydrogen) atoms. The fraction of sp³-hybridized carbons (Fsp3) is 0.250. The molecular weight excluding hydrogens is 368 g/mol. The second kappa shape index (κ2) is 8.22. The van der Waals surface area contributed by atoms with E-state index in [9.17, 15) is 9.59 Å². The van der Waals surface area contributed by atoms with Crippen molar-refractivity contribution in [3.05, 3.63) is 64.7 Å². The van der Waals surface area contributed by atoms with Crippen LogP contribution in [0.5, 0.6) is 5.75 Å². The van der Waals surface area contributed by atoms with E-state index >= 15 is 0 Å². The summed E-state index contributed by atoms with van der Waals surface area (Å²) >= 11 is 6.34. The van der Waals surface area contributed by atoms with Gasteiger partial charge < -0.3 is 9.84 Å². The number of carboxylic acid groups (broad SMARTS) is 1. The van der Waals surface area contributed by atoms with Gasteiger partial charge in [0, 0.05) is 17.9 Å². The lowest BCUT2D eigenvalue weighted by Crippen LogP contribution is -2.27. The van der Waals surface area contributed by atoms with Crippen LogP contribution in [-0.4, -0.2) is 34.8 Å². The van der Waals surface area contributed by atoms with Gasteiger partial charge in [-0.2, -0.15) is 5.10 Å². The highest BCUT2D eigenvalue weighted by atomic mass is 35.5. The van der Waals surface area contributed by atoms with Crippen molar-refractivity contribution >= 4 is 29.2 Å². The van der Waals surface area contributed by atoms with Gasteiger partial charge in [0.05, 0.1) is 25.3 Å². The van der Waals surface area contributed by atoms with Gasteiger partial charge >= 0.3 is 5.97 Å². The van der Waals surface area contributed by atoms with Crippen LogP contribution in [0.3, 0.4) is 0 Å². The van der Waals surface area contributed by atoms with Crippen LogP contribution >= 0.6 is 11.6 Å². The molecule has 1 N–H and O–H groups in total. The molecule has 2 aromatic carbocycles. The molecule has 2 aromatic rings. The summed E-state index contributed by atoms with van der Waals surface area (Å²) in [5.41, 5.74) is 2.41. The Morgan fingerprint density at radius 3 is 2.52 bits per heavy atom. The number of hydrogen-bond donors (Lipinski definition) is 1. The van der Waals surface area contributed by atoms with Gasteiger partial charge in [-0.05, 0) is 41.5 Å². The SMILES string of the molecule is COc1ccc(C2=NN(C(=O)CCC(=O)O)[C@@H](c3ccccc3Cl)C2)cc1. The van der Waals surface area contributed by atoms with E-state index in [0.717, 1.165) is 22.6 Å². The van der Waals surface area contributed by atoms with Crippen LogP contribution in [0.4, 0.5) is 0 Å². The van der Waals surface area contributed by atoms with Crippen molar-refractivity contribution in [1.29, 1.82) is 0 Å². The van der Waals surface area contributed by atoms with E-state index in [0.29, 0.717) is 11.4 Å². The molecule has 1 heterocycles. The highest BCUT2D eigenvalue weighted by molar-refractivity contribution is 6.31. The molecule has 7 heteroatoms. The Labute approximate surface area is 162 Å². The zero-order valence-corrected chi connectivity index (χ0v) is 15.5. The fourth-order valence-corrected chi connectivity index (χ4v) is 3.28. The number of nitrogens with zero attached hydrogens (tertiary/aromatic N) is 2. The number of hydrazone groups is 1. The average Bonchev–Trinajstić information content (AvgIpc) is 3.11. The lowest BCUT2D eigenvalue weighted by molar-refractivity contribution is -0.141. The van der Waals surface area contributed by atoms with Crippen molar-refractivity contribution in [1.82, 2.24) is 5.01 Å². The first-order valence-electron chi connectivity index (χ1n) is 8.49. The number of carbonyl (C=O) groups excluding carboxylic acids is 1. The summed E-state index contributed by atoms with van der Waals surface area (Å²) in [5, 5.41) is 15.3. The van der Waals surface area contributed by atoms with Crippen molar-refractivity contribution in [2.24, 2.45) is 5.10 Å². The fourth-order valence-electron chi connectivity index (χ4n) is 3.01. The highest BCUT2D eigenvalue weighted by Crippen LogP contribution is 2.36. The number of ether oxygens (including phenoxy) is 1. The number of methoxy groups -OCH3 is 1. The molecule has 0 spiro atoms. The Balaban J connectivity index is 1.91. The molecule has 6 nitrogen and oxygen atoms in total. The van der Waals surface area contributed by atoms with Crippen LogP contribution in [0.15, 0.2) is 53.6 Å². The van der Waals surface area contributed by atoms with Crippen molar-refractivity contribution < 1.29 is 19.4 Å². The van der Waals surface area contributed by atoms with Gasteiger partial charge in [-0.15, -0.1) is 0 Å². The van der Waals surface area contributed by atoms with Gasteiger partial charge in [0.2, 0.25) is 5.91 Å². The quantitative estimate of drug-likeness (QED) is 0.816. The number of halogens is 1. The third kappa shape index (κ3) is 4.28. The Bertz CT molecular complexity index is 880. The van der Waals surface area contributed by atoms with Crippen LogP contribution < -0.4 is 4.74 Å². The van der Waals surface area contributed by atoms with Gasteiger partial charge in [0.25, 0.3) is 0 Å². The summed E-state index contributed by atoms with van der Waals surface area (Å²) in [7, 11) is 1.60. The molecule has 0 radical (unpaired) electrons. The summed E-state index contributed by atoms with van der Waals surface area (Å²) in [4.78, 5) is 23.4. The minimum atomic E-state index is -1.02. The second-order valence-electron chi connectivity index (χ2n) is 6.15. The van der Waals surface area contributed by atoms with E-state index in [1.807, 2.05) is 42.5 Å². The molecule has 0 fully saturated rings. The molecule has 3 rings (SSSR count). The van der Waals surface area contributed by atoms with Gasteiger partial charge in [-0.3, -0.25) is 9.59 Å². The first kappa shape index (κ1) is 18.9. The number of rotatable bonds is 6. The molecule has 0 saturated carbocycles. The minimum Gasteiger partial charge on any atom is -0.497 e. The zero-order valence-electron chi connectivity index (χ0n) is 14.8. The monoisotopic (exact) mass is 386 g/mol. The molecule has 140 valence electrons.